The van der Waals surface area contributed by atoms with Crippen LogP contribution >= 0.6 is 0 Å². The van der Waals surface area contributed by atoms with Gasteiger partial charge in [0, 0.05) is 0 Å². The molecular formula is C5H9F3O2Sn. The van der Waals surface area contributed by atoms with Gasteiger partial charge < -0.3 is 0 Å². The van der Waals surface area contributed by atoms with Gasteiger partial charge in [-0.1, -0.05) is 0 Å². The van der Waals surface area contributed by atoms with Crippen LogP contribution in [0.2, 0.25) is 14.8 Å². The number of carbonyl (C=O) groups excluding carboxylic acids is 1. The van der Waals surface area contributed by atoms with Crippen LogP contribution in [0.5, 0.6) is 0 Å². The van der Waals surface area contributed by atoms with Crippen LogP contribution in [0.25, 0.3) is 0 Å². The van der Waals surface area contributed by atoms with Crippen LogP contribution in [0.15, 0.2) is 0 Å². The summed E-state index contributed by atoms with van der Waals surface area (Å²) < 4.78 is 38.9. The van der Waals surface area contributed by atoms with Crippen LogP contribution in [0.4, 0.5) is 13.2 Å². The molecule has 0 bridgehead atoms. The van der Waals surface area contributed by atoms with Crippen LogP contribution < -0.4 is 0 Å². The number of halogens is 3. The Bertz CT molecular complexity index is 158. The van der Waals surface area contributed by atoms with Crippen LogP contribution in [0.1, 0.15) is 0 Å². The van der Waals surface area contributed by atoms with Crippen molar-refractivity contribution in [3.63, 3.8) is 0 Å². The van der Waals surface area contributed by atoms with Crippen molar-refractivity contribution in [2.75, 3.05) is 0 Å². The molecule has 0 N–H and O–H groups in total. The van der Waals surface area contributed by atoms with Gasteiger partial charge in [-0.3, -0.25) is 0 Å². The Labute approximate surface area is 67.1 Å². The molecule has 0 aliphatic rings. The first-order valence-electron chi connectivity index (χ1n) is 2.93. The topological polar surface area (TPSA) is 26.3 Å². The summed E-state index contributed by atoms with van der Waals surface area (Å²) in [6, 6.07) is 0. The molecule has 11 heavy (non-hydrogen) atoms. The first kappa shape index (κ1) is 11.1. The molecule has 0 aliphatic heterocycles. The van der Waals surface area contributed by atoms with Gasteiger partial charge in [-0.15, -0.1) is 0 Å². The second kappa shape index (κ2) is 3.20. The van der Waals surface area contributed by atoms with Crippen molar-refractivity contribution < 1.29 is 21.0 Å². The first-order chi connectivity index (χ1) is 4.63. The van der Waals surface area contributed by atoms with Gasteiger partial charge in [-0.2, -0.15) is 0 Å². The average molecular weight is 277 g/mol. The van der Waals surface area contributed by atoms with Crippen molar-refractivity contribution >= 4 is 24.8 Å². The monoisotopic (exact) mass is 278 g/mol. The van der Waals surface area contributed by atoms with E-state index in [0.29, 0.717) is 0 Å². The Balaban J connectivity index is 4.11. The number of hydrogen-bond donors (Lipinski definition) is 0. The van der Waals surface area contributed by atoms with Crippen molar-refractivity contribution in [3.05, 3.63) is 0 Å². The third-order valence-corrected chi connectivity index (χ3v) is 2.91. The molecule has 0 amide bonds. The third kappa shape index (κ3) is 5.34. The summed E-state index contributed by atoms with van der Waals surface area (Å²) in [7, 11) is 0. The van der Waals surface area contributed by atoms with Crippen LogP contribution in [0, 0.1) is 0 Å². The van der Waals surface area contributed by atoms with E-state index in [2.05, 4.69) is 3.07 Å². The number of hydrogen-bond acceptors (Lipinski definition) is 2. The molecular weight excluding hydrogens is 268 g/mol. The second-order valence-corrected chi connectivity index (χ2v) is 15.6. The fourth-order valence-electron chi connectivity index (χ4n) is 0.336. The Morgan fingerprint density at radius 1 is 1.27 bits per heavy atom. The van der Waals surface area contributed by atoms with Crippen LogP contribution in [-0.4, -0.2) is 30.9 Å². The van der Waals surface area contributed by atoms with E-state index in [0.717, 1.165) is 0 Å². The predicted molar refractivity (Wildman–Crippen MR) is 35.5 cm³/mol. The van der Waals surface area contributed by atoms with E-state index in [1.807, 2.05) is 0 Å². The molecule has 6 heteroatoms. The number of alkyl halides is 3. The molecule has 0 rings (SSSR count). The summed E-state index contributed by atoms with van der Waals surface area (Å²) in [6.45, 7) is 0. The summed E-state index contributed by atoms with van der Waals surface area (Å²) >= 11 is -3.07. The maximum absolute atomic E-state index is 11.5. The molecule has 0 saturated carbocycles. The normalized spacial score (nSPS) is 12.9. The molecule has 0 saturated heterocycles. The van der Waals surface area contributed by atoms with Gasteiger partial charge in [0.25, 0.3) is 0 Å². The fraction of sp³-hybridized carbons (Fsp3) is 0.800. The van der Waals surface area contributed by atoms with E-state index in [4.69, 9.17) is 0 Å². The molecule has 0 aromatic rings. The predicted octanol–water partition coefficient (Wildman–Crippen LogP) is 1.93. The average Bonchev–Trinajstić information content (AvgIpc) is 1.56. The van der Waals surface area contributed by atoms with E-state index >= 15 is 0 Å². The Morgan fingerprint density at radius 3 is 1.73 bits per heavy atom. The SMILES string of the molecule is [CH3][Sn]([CH3])([CH3])[O]C(=O)C(F)(F)F. The molecule has 0 unspecified atom stereocenters. The summed E-state index contributed by atoms with van der Waals surface area (Å²) in [4.78, 5) is 14.9. The third-order valence-electron chi connectivity index (χ3n) is 0.630. The zero-order valence-corrected chi connectivity index (χ0v) is 9.30. The number of carbonyl (C=O) groups is 1. The van der Waals surface area contributed by atoms with Gasteiger partial charge in [-0.05, 0) is 0 Å². The Morgan fingerprint density at radius 2 is 1.64 bits per heavy atom. The van der Waals surface area contributed by atoms with E-state index in [1.165, 1.54) is 0 Å². The molecule has 0 aromatic carbocycles. The summed E-state index contributed by atoms with van der Waals surface area (Å²) in [6.07, 6.45) is -4.84. The molecule has 0 radical (unpaired) electrons. The maximum atomic E-state index is 11.5. The summed E-state index contributed by atoms with van der Waals surface area (Å²) in [5.74, 6) is -2.05. The molecule has 0 atom stereocenters. The van der Waals surface area contributed by atoms with Gasteiger partial charge in [0.05, 0.1) is 0 Å². The molecule has 66 valence electrons. The Kier molecular flexibility index (Phi) is 3.22. The Hall–Kier alpha value is 0.0587. The molecule has 0 fully saturated rings. The van der Waals surface area contributed by atoms with Gasteiger partial charge in [-0.25, -0.2) is 0 Å². The van der Waals surface area contributed by atoms with E-state index in [9.17, 15) is 18.0 Å². The molecule has 0 aliphatic carbocycles. The van der Waals surface area contributed by atoms with Gasteiger partial charge in [0.1, 0.15) is 0 Å². The van der Waals surface area contributed by atoms with E-state index in [1.54, 1.807) is 14.8 Å². The van der Waals surface area contributed by atoms with Crippen molar-refractivity contribution in [1.82, 2.24) is 0 Å². The van der Waals surface area contributed by atoms with Crippen LogP contribution in [-0.2, 0) is 7.87 Å². The van der Waals surface area contributed by atoms with Crippen molar-refractivity contribution in [2.45, 2.75) is 21.0 Å². The summed E-state index contributed by atoms with van der Waals surface area (Å²) in [5, 5.41) is 0. The van der Waals surface area contributed by atoms with E-state index in [-0.39, 0.29) is 0 Å². The molecule has 0 spiro atoms. The van der Waals surface area contributed by atoms with Gasteiger partial charge in [0.15, 0.2) is 0 Å². The number of rotatable bonds is 1. The van der Waals surface area contributed by atoms with Gasteiger partial charge in [0.2, 0.25) is 0 Å². The molecule has 2 nitrogen and oxygen atoms in total. The zero-order valence-electron chi connectivity index (χ0n) is 6.45. The van der Waals surface area contributed by atoms with Crippen molar-refractivity contribution in [2.24, 2.45) is 0 Å². The second-order valence-electron chi connectivity index (χ2n) is 3.00. The minimum atomic E-state index is -4.84. The minimum absolute atomic E-state index is 1.58. The van der Waals surface area contributed by atoms with E-state index < -0.39 is 30.9 Å². The van der Waals surface area contributed by atoms with Crippen molar-refractivity contribution in [3.8, 4) is 0 Å². The first-order valence-corrected chi connectivity index (χ1v) is 12.7. The quantitative estimate of drug-likeness (QED) is 0.684. The molecule has 0 aromatic heterocycles. The zero-order chi connectivity index (χ0) is 9.28. The van der Waals surface area contributed by atoms with Crippen LogP contribution in [0.3, 0.4) is 0 Å². The van der Waals surface area contributed by atoms with Gasteiger partial charge >= 0.3 is 66.8 Å². The fourth-order valence-corrected chi connectivity index (χ4v) is 2.25. The summed E-state index contributed by atoms with van der Waals surface area (Å²) in [5.41, 5.74) is 0. The molecule has 0 heterocycles. The standard InChI is InChI=1S/C2HF3O2.3CH3.Sn/c3-2(4,5)1(6)7;;;;/h(H,6,7);3*1H3;/q;;;;+1/p-1. The van der Waals surface area contributed by atoms with Crippen molar-refractivity contribution in [1.29, 1.82) is 0 Å².